The van der Waals surface area contributed by atoms with Crippen molar-refractivity contribution in [3.8, 4) is 17.2 Å². The second-order valence-electron chi connectivity index (χ2n) is 5.00. The van der Waals surface area contributed by atoms with Crippen molar-refractivity contribution in [3.63, 3.8) is 0 Å². The first-order valence-corrected chi connectivity index (χ1v) is 8.34. The van der Waals surface area contributed by atoms with Gasteiger partial charge in [-0.2, -0.15) is 0 Å². The van der Waals surface area contributed by atoms with Crippen LogP contribution in [0.2, 0.25) is 10.0 Å². The molecule has 2 rings (SSSR count). The minimum atomic E-state index is 0.190. The molecule has 0 saturated heterocycles. The Hall–Kier alpha value is -0.900. The first-order chi connectivity index (χ1) is 9.92. The van der Waals surface area contributed by atoms with Gasteiger partial charge in [0.25, 0.3) is 0 Å². The van der Waals surface area contributed by atoms with Crippen molar-refractivity contribution in [1.82, 2.24) is 0 Å². The molecule has 0 aliphatic carbocycles. The maximum Gasteiger partial charge on any atom is 0.164 e. The molecule has 0 saturated carbocycles. The van der Waals surface area contributed by atoms with Crippen LogP contribution >= 0.6 is 39.1 Å². The molecular weight excluding hydrogens is 375 g/mol. The summed E-state index contributed by atoms with van der Waals surface area (Å²) in [5, 5.41) is 11.4. The quantitative estimate of drug-likeness (QED) is 0.604. The number of phenols is 1. The van der Waals surface area contributed by atoms with E-state index in [0.29, 0.717) is 26.9 Å². The zero-order valence-electron chi connectivity index (χ0n) is 11.7. The van der Waals surface area contributed by atoms with E-state index >= 15 is 0 Å². The molecule has 2 nitrogen and oxygen atoms in total. The van der Waals surface area contributed by atoms with E-state index in [-0.39, 0.29) is 11.7 Å². The van der Waals surface area contributed by atoms with E-state index < -0.39 is 0 Å². The molecule has 0 atom stereocenters. The minimum absolute atomic E-state index is 0.190. The molecule has 0 spiro atoms. The van der Waals surface area contributed by atoms with E-state index in [4.69, 9.17) is 27.9 Å². The normalized spacial score (nSPS) is 11.0. The van der Waals surface area contributed by atoms with Crippen LogP contribution in [0.1, 0.15) is 30.9 Å². The van der Waals surface area contributed by atoms with Gasteiger partial charge >= 0.3 is 0 Å². The molecule has 0 heterocycles. The van der Waals surface area contributed by atoms with Crippen LogP contribution in [0.5, 0.6) is 17.2 Å². The molecule has 0 unspecified atom stereocenters. The summed E-state index contributed by atoms with van der Waals surface area (Å²) in [5.41, 5.74) is 1.79. The van der Waals surface area contributed by atoms with Crippen molar-refractivity contribution in [2.24, 2.45) is 0 Å². The molecular formula is C16H15BrCl2O2. The third-order valence-electron chi connectivity index (χ3n) is 3.05. The highest BCUT2D eigenvalue weighted by Crippen LogP contribution is 2.39. The summed E-state index contributed by atoms with van der Waals surface area (Å²) >= 11 is 15.8. The van der Waals surface area contributed by atoms with Gasteiger partial charge < -0.3 is 9.84 Å². The number of aromatic hydroxyl groups is 1. The van der Waals surface area contributed by atoms with Crippen molar-refractivity contribution < 1.29 is 9.84 Å². The lowest BCUT2D eigenvalue weighted by molar-refractivity contribution is 0.455. The predicted octanol–water partition coefficient (Wildman–Crippen LogP) is 6.51. The van der Waals surface area contributed by atoms with E-state index in [0.717, 1.165) is 11.1 Å². The van der Waals surface area contributed by atoms with E-state index in [1.54, 1.807) is 30.3 Å². The molecule has 0 bridgehead atoms. The lowest BCUT2D eigenvalue weighted by Crippen LogP contribution is -1.92. The molecule has 0 aromatic heterocycles. The van der Waals surface area contributed by atoms with Gasteiger partial charge in [0.15, 0.2) is 5.75 Å². The number of hydrogen-bond donors (Lipinski definition) is 1. The van der Waals surface area contributed by atoms with Crippen LogP contribution in [0.25, 0.3) is 0 Å². The Kier molecular flexibility index (Phi) is 5.42. The zero-order chi connectivity index (χ0) is 15.6. The van der Waals surface area contributed by atoms with Gasteiger partial charge in [0.1, 0.15) is 11.5 Å². The van der Waals surface area contributed by atoms with Gasteiger partial charge in [0, 0.05) is 10.9 Å². The van der Waals surface area contributed by atoms with Crippen LogP contribution in [-0.2, 0) is 5.33 Å². The largest absolute Gasteiger partial charge is 0.508 e. The third kappa shape index (κ3) is 3.85. The minimum Gasteiger partial charge on any atom is -0.508 e. The number of rotatable bonds is 4. The maximum absolute atomic E-state index is 9.84. The summed E-state index contributed by atoms with van der Waals surface area (Å²) in [4.78, 5) is 0. The van der Waals surface area contributed by atoms with Gasteiger partial charge in [0.05, 0.1) is 10.0 Å². The number of benzene rings is 2. The Morgan fingerprint density at radius 2 is 1.76 bits per heavy atom. The molecule has 1 N–H and O–H groups in total. The van der Waals surface area contributed by atoms with Crippen LogP contribution < -0.4 is 4.74 Å². The molecule has 2 aromatic carbocycles. The van der Waals surface area contributed by atoms with Crippen LogP contribution in [0, 0.1) is 0 Å². The summed E-state index contributed by atoms with van der Waals surface area (Å²) in [5.74, 6) is 1.45. The van der Waals surface area contributed by atoms with Crippen molar-refractivity contribution in [2.75, 3.05) is 0 Å². The number of alkyl halides is 1. The van der Waals surface area contributed by atoms with Gasteiger partial charge in [-0.25, -0.2) is 0 Å². The highest BCUT2D eigenvalue weighted by molar-refractivity contribution is 9.08. The smallest absolute Gasteiger partial charge is 0.164 e. The van der Waals surface area contributed by atoms with Gasteiger partial charge in [-0.15, -0.1) is 0 Å². The highest BCUT2D eigenvalue weighted by atomic mass is 79.9. The summed E-state index contributed by atoms with van der Waals surface area (Å²) in [6.07, 6.45) is 0. The van der Waals surface area contributed by atoms with Crippen molar-refractivity contribution in [1.29, 1.82) is 0 Å². The number of ether oxygens (including phenoxy) is 1. The van der Waals surface area contributed by atoms with E-state index in [1.165, 1.54) is 0 Å². The Morgan fingerprint density at radius 1 is 1.14 bits per heavy atom. The standard InChI is InChI=1S/C16H15BrCl2O2/c1-9(2)12-7-11(3-4-15(12)20)21-16-13(18)5-10(8-17)6-14(16)19/h3-7,9,20H,8H2,1-2H3. The lowest BCUT2D eigenvalue weighted by Gasteiger charge is -2.14. The number of halogens is 3. The van der Waals surface area contributed by atoms with Gasteiger partial charge in [-0.05, 0) is 41.8 Å². The Balaban J connectivity index is 2.37. The maximum atomic E-state index is 9.84. The van der Waals surface area contributed by atoms with E-state index in [1.807, 2.05) is 13.8 Å². The van der Waals surface area contributed by atoms with Crippen LogP contribution in [0.15, 0.2) is 30.3 Å². The number of phenolic OH excluding ortho intramolecular Hbond substituents is 1. The predicted molar refractivity (Wildman–Crippen MR) is 91.4 cm³/mol. The number of hydrogen-bond acceptors (Lipinski definition) is 2. The van der Waals surface area contributed by atoms with E-state index in [2.05, 4.69) is 15.9 Å². The second kappa shape index (κ2) is 6.91. The monoisotopic (exact) mass is 388 g/mol. The second-order valence-corrected chi connectivity index (χ2v) is 6.37. The average molecular weight is 390 g/mol. The Labute approximate surface area is 142 Å². The lowest BCUT2D eigenvalue weighted by atomic mass is 10.0. The van der Waals surface area contributed by atoms with Gasteiger partial charge in [-0.1, -0.05) is 53.0 Å². The molecule has 0 amide bonds. The molecule has 0 radical (unpaired) electrons. The molecule has 0 aliphatic rings. The van der Waals surface area contributed by atoms with Crippen LogP contribution in [-0.4, -0.2) is 5.11 Å². The van der Waals surface area contributed by atoms with Gasteiger partial charge in [0.2, 0.25) is 0 Å². The van der Waals surface area contributed by atoms with Gasteiger partial charge in [-0.3, -0.25) is 0 Å². The van der Waals surface area contributed by atoms with Crippen LogP contribution in [0.3, 0.4) is 0 Å². The highest BCUT2D eigenvalue weighted by Gasteiger charge is 2.13. The fourth-order valence-electron chi connectivity index (χ4n) is 1.96. The molecule has 5 heteroatoms. The molecule has 21 heavy (non-hydrogen) atoms. The fourth-order valence-corrected chi connectivity index (χ4v) is 2.90. The van der Waals surface area contributed by atoms with E-state index in [9.17, 15) is 5.11 Å². The zero-order valence-corrected chi connectivity index (χ0v) is 14.8. The summed E-state index contributed by atoms with van der Waals surface area (Å²) < 4.78 is 5.79. The third-order valence-corrected chi connectivity index (χ3v) is 4.26. The SMILES string of the molecule is CC(C)c1cc(Oc2c(Cl)cc(CBr)cc2Cl)ccc1O. The Morgan fingerprint density at radius 3 is 2.29 bits per heavy atom. The first-order valence-electron chi connectivity index (χ1n) is 6.47. The van der Waals surface area contributed by atoms with Crippen molar-refractivity contribution in [2.45, 2.75) is 25.1 Å². The summed E-state index contributed by atoms with van der Waals surface area (Å²) in [6, 6.07) is 8.71. The fraction of sp³-hybridized carbons (Fsp3) is 0.250. The van der Waals surface area contributed by atoms with Crippen molar-refractivity contribution in [3.05, 3.63) is 51.5 Å². The Bertz CT molecular complexity index is 634. The average Bonchev–Trinajstić information content (AvgIpc) is 2.43. The van der Waals surface area contributed by atoms with Crippen LogP contribution in [0.4, 0.5) is 0 Å². The molecule has 0 aliphatic heterocycles. The van der Waals surface area contributed by atoms with Crippen molar-refractivity contribution >= 4 is 39.1 Å². The first kappa shape index (κ1) is 16.5. The summed E-state index contributed by atoms with van der Waals surface area (Å²) in [7, 11) is 0. The molecule has 0 fully saturated rings. The summed E-state index contributed by atoms with van der Waals surface area (Å²) in [6.45, 7) is 4.01. The topological polar surface area (TPSA) is 29.5 Å². The molecule has 2 aromatic rings. The molecule has 112 valence electrons.